The van der Waals surface area contributed by atoms with E-state index in [1.807, 2.05) is 6.92 Å². The van der Waals surface area contributed by atoms with Gasteiger partial charge in [-0.3, -0.25) is 4.72 Å². The topological polar surface area (TPSA) is 90.3 Å². The second-order valence-corrected chi connectivity index (χ2v) is 6.62. The lowest BCUT2D eigenvalue weighted by Crippen LogP contribution is -2.18. The number of anilines is 1. The first kappa shape index (κ1) is 17.0. The molecule has 2 rings (SSSR count). The number of ether oxygens (including phenoxy) is 1. The predicted octanol–water partition coefficient (Wildman–Crippen LogP) is 2.19. The van der Waals surface area contributed by atoms with Crippen molar-refractivity contribution in [1.82, 2.24) is 9.78 Å². The summed E-state index contributed by atoms with van der Waals surface area (Å²) in [5.41, 5.74) is 0.561. The highest BCUT2D eigenvalue weighted by molar-refractivity contribution is 7.92. The number of benzene rings is 1. The number of sulfonamides is 1. The Labute approximate surface area is 135 Å². The second kappa shape index (κ2) is 6.82. The van der Waals surface area contributed by atoms with Crippen LogP contribution in [0.5, 0.6) is 0 Å². The van der Waals surface area contributed by atoms with Gasteiger partial charge in [0.05, 0.1) is 23.8 Å². The summed E-state index contributed by atoms with van der Waals surface area (Å²) in [7, 11) is -2.58. The van der Waals surface area contributed by atoms with Crippen LogP contribution in [0, 0.1) is 6.92 Å². The number of hydrogen-bond donors (Lipinski definition) is 1. The molecule has 0 aliphatic carbocycles. The van der Waals surface area contributed by atoms with Gasteiger partial charge in [-0.25, -0.2) is 17.9 Å². The van der Waals surface area contributed by atoms with Gasteiger partial charge in [0.15, 0.2) is 0 Å². The van der Waals surface area contributed by atoms with Crippen molar-refractivity contribution in [1.29, 1.82) is 0 Å². The summed E-state index contributed by atoms with van der Waals surface area (Å²) in [6, 6.07) is 6.08. The first-order valence-electron chi connectivity index (χ1n) is 7.13. The number of esters is 1. The van der Waals surface area contributed by atoms with Gasteiger partial charge in [0.25, 0.3) is 10.0 Å². The Kier molecular flexibility index (Phi) is 5.05. The molecule has 8 heteroatoms. The van der Waals surface area contributed by atoms with Crippen LogP contribution in [-0.2, 0) is 21.3 Å². The SMILES string of the molecule is CCCn1nccc1NS(=O)(=O)c1cccc(C(=O)OC)c1C. The Balaban J connectivity index is 2.40. The van der Waals surface area contributed by atoms with E-state index in [-0.39, 0.29) is 10.5 Å². The van der Waals surface area contributed by atoms with Crippen molar-refractivity contribution in [3.8, 4) is 0 Å². The van der Waals surface area contributed by atoms with Crippen molar-refractivity contribution < 1.29 is 17.9 Å². The minimum atomic E-state index is -3.84. The number of methoxy groups -OCH3 is 1. The molecule has 124 valence electrons. The van der Waals surface area contributed by atoms with Crippen LogP contribution in [0.1, 0.15) is 29.3 Å². The second-order valence-electron chi connectivity index (χ2n) is 4.97. The molecule has 0 fully saturated rings. The zero-order valence-electron chi connectivity index (χ0n) is 13.2. The van der Waals surface area contributed by atoms with E-state index in [2.05, 4.69) is 14.6 Å². The van der Waals surface area contributed by atoms with E-state index in [1.165, 1.54) is 31.5 Å². The third-order valence-corrected chi connectivity index (χ3v) is 4.87. The van der Waals surface area contributed by atoms with Crippen LogP contribution in [0.25, 0.3) is 0 Å². The quantitative estimate of drug-likeness (QED) is 0.816. The maximum absolute atomic E-state index is 12.6. The number of nitrogens with zero attached hydrogens (tertiary/aromatic N) is 2. The van der Waals surface area contributed by atoms with Gasteiger partial charge in [-0.2, -0.15) is 5.10 Å². The molecular weight excluding hydrogens is 318 g/mol. The molecule has 0 radical (unpaired) electrons. The van der Waals surface area contributed by atoms with E-state index in [4.69, 9.17) is 0 Å². The molecule has 1 aromatic carbocycles. The zero-order valence-corrected chi connectivity index (χ0v) is 14.1. The van der Waals surface area contributed by atoms with Crippen LogP contribution >= 0.6 is 0 Å². The number of carbonyl (C=O) groups is 1. The minimum absolute atomic E-state index is 0.0321. The molecule has 0 aliphatic heterocycles. The number of carbonyl (C=O) groups excluding carboxylic acids is 1. The summed E-state index contributed by atoms with van der Waals surface area (Å²) >= 11 is 0. The predicted molar refractivity (Wildman–Crippen MR) is 85.8 cm³/mol. The number of hydrogen-bond acceptors (Lipinski definition) is 5. The Hall–Kier alpha value is -2.35. The molecule has 0 saturated heterocycles. The molecule has 2 aromatic rings. The molecule has 0 aliphatic rings. The summed E-state index contributed by atoms with van der Waals surface area (Å²) < 4.78 is 34.0. The van der Waals surface area contributed by atoms with Gasteiger partial charge < -0.3 is 4.74 Å². The zero-order chi connectivity index (χ0) is 17.0. The first-order valence-corrected chi connectivity index (χ1v) is 8.61. The van der Waals surface area contributed by atoms with Crippen LogP contribution in [-0.4, -0.2) is 31.3 Å². The van der Waals surface area contributed by atoms with Crippen molar-refractivity contribution in [3.05, 3.63) is 41.6 Å². The van der Waals surface area contributed by atoms with Crippen LogP contribution < -0.4 is 4.72 Å². The van der Waals surface area contributed by atoms with Gasteiger partial charge in [-0.05, 0) is 31.0 Å². The fourth-order valence-electron chi connectivity index (χ4n) is 2.24. The standard InChI is InChI=1S/C15H19N3O4S/c1-4-10-18-14(8-9-16-18)17-23(20,21)13-7-5-6-12(11(13)2)15(19)22-3/h5-9,17H,4,10H2,1-3H3. The lowest BCUT2D eigenvalue weighted by atomic mass is 10.1. The lowest BCUT2D eigenvalue weighted by molar-refractivity contribution is 0.0599. The molecule has 0 atom stereocenters. The van der Waals surface area contributed by atoms with Crippen molar-refractivity contribution in [2.24, 2.45) is 0 Å². The Morgan fingerprint density at radius 3 is 2.74 bits per heavy atom. The highest BCUT2D eigenvalue weighted by atomic mass is 32.2. The summed E-state index contributed by atoms with van der Waals surface area (Å²) in [6.45, 7) is 4.15. The highest BCUT2D eigenvalue weighted by Gasteiger charge is 2.22. The van der Waals surface area contributed by atoms with Crippen LogP contribution in [0.15, 0.2) is 35.4 Å². The maximum atomic E-state index is 12.6. The van der Waals surface area contributed by atoms with E-state index in [9.17, 15) is 13.2 Å². The Bertz CT molecular complexity index is 812. The van der Waals surface area contributed by atoms with Crippen LogP contribution in [0.3, 0.4) is 0 Å². The number of aromatic nitrogens is 2. The van der Waals surface area contributed by atoms with Gasteiger partial charge in [-0.15, -0.1) is 0 Å². The van der Waals surface area contributed by atoms with E-state index in [1.54, 1.807) is 17.7 Å². The van der Waals surface area contributed by atoms with Crippen molar-refractivity contribution in [3.63, 3.8) is 0 Å². The average Bonchev–Trinajstić information content (AvgIpc) is 2.93. The van der Waals surface area contributed by atoms with Crippen molar-refractivity contribution in [2.75, 3.05) is 11.8 Å². The van der Waals surface area contributed by atoms with Crippen molar-refractivity contribution in [2.45, 2.75) is 31.7 Å². The molecule has 1 heterocycles. The summed E-state index contributed by atoms with van der Waals surface area (Å²) in [6.07, 6.45) is 2.36. The van der Waals surface area contributed by atoms with Gasteiger partial charge in [0, 0.05) is 12.6 Å². The Morgan fingerprint density at radius 2 is 2.09 bits per heavy atom. The molecule has 0 bridgehead atoms. The molecular formula is C15H19N3O4S. The lowest BCUT2D eigenvalue weighted by Gasteiger charge is -2.13. The van der Waals surface area contributed by atoms with Gasteiger partial charge in [0.2, 0.25) is 0 Å². The van der Waals surface area contributed by atoms with Gasteiger partial charge in [0.1, 0.15) is 5.82 Å². The molecule has 0 amide bonds. The Morgan fingerprint density at radius 1 is 1.35 bits per heavy atom. The molecule has 0 saturated carbocycles. The fourth-order valence-corrected chi connectivity index (χ4v) is 3.57. The molecule has 0 unspecified atom stereocenters. The van der Waals surface area contributed by atoms with Gasteiger partial charge >= 0.3 is 5.97 Å². The highest BCUT2D eigenvalue weighted by Crippen LogP contribution is 2.22. The van der Waals surface area contributed by atoms with E-state index >= 15 is 0 Å². The largest absolute Gasteiger partial charge is 0.465 e. The summed E-state index contributed by atoms with van der Waals surface area (Å²) in [5, 5.41) is 4.08. The number of aryl methyl sites for hydroxylation is 1. The van der Waals surface area contributed by atoms with Gasteiger partial charge in [-0.1, -0.05) is 13.0 Å². The number of rotatable bonds is 6. The molecule has 0 spiro atoms. The normalized spacial score (nSPS) is 11.3. The number of nitrogens with one attached hydrogen (secondary N) is 1. The van der Waals surface area contributed by atoms with Crippen LogP contribution in [0.4, 0.5) is 5.82 Å². The summed E-state index contributed by atoms with van der Waals surface area (Å²) in [5.74, 6) is -0.190. The van der Waals surface area contributed by atoms with E-state index in [0.717, 1.165) is 6.42 Å². The van der Waals surface area contributed by atoms with Crippen molar-refractivity contribution >= 4 is 21.8 Å². The molecule has 23 heavy (non-hydrogen) atoms. The summed E-state index contributed by atoms with van der Waals surface area (Å²) in [4.78, 5) is 11.8. The smallest absolute Gasteiger partial charge is 0.338 e. The molecule has 1 N–H and O–H groups in total. The first-order chi connectivity index (χ1) is 10.9. The van der Waals surface area contributed by atoms with E-state index in [0.29, 0.717) is 17.9 Å². The molecule has 7 nitrogen and oxygen atoms in total. The monoisotopic (exact) mass is 337 g/mol. The third kappa shape index (κ3) is 3.53. The molecule has 1 aromatic heterocycles. The maximum Gasteiger partial charge on any atom is 0.338 e. The average molecular weight is 337 g/mol. The fraction of sp³-hybridized carbons (Fsp3) is 0.333. The minimum Gasteiger partial charge on any atom is -0.465 e. The van der Waals surface area contributed by atoms with Crippen LogP contribution in [0.2, 0.25) is 0 Å². The third-order valence-electron chi connectivity index (χ3n) is 3.37. The van der Waals surface area contributed by atoms with E-state index < -0.39 is 16.0 Å².